The van der Waals surface area contributed by atoms with Gasteiger partial charge in [0.2, 0.25) is 0 Å². The van der Waals surface area contributed by atoms with Gasteiger partial charge in [-0.05, 0) is 17.2 Å². The van der Waals surface area contributed by atoms with E-state index < -0.39 is 5.97 Å². The average molecular weight is 155 g/mol. The highest BCUT2D eigenvalue weighted by Gasteiger charge is 2.07. The van der Waals surface area contributed by atoms with E-state index in [1.54, 1.807) is 12.1 Å². The van der Waals surface area contributed by atoms with Crippen molar-refractivity contribution in [1.82, 2.24) is 4.98 Å². The molecule has 0 unspecified atom stereocenters. The number of nitrogens with zero attached hydrogens (tertiary/aromatic N) is 1. The Balaban J connectivity index is 2.69. The third kappa shape index (κ3) is 1.99. The van der Waals surface area contributed by atoms with E-state index in [2.05, 4.69) is 14.9 Å². The van der Waals surface area contributed by atoms with Gasteiger partial charge in [-0.3, -0.25) is 4.89 Å². The summed E-state index contributed by atoms with van der Waals surface area (Å²) in [6, 6.07) is 4.69. The van der Waals surface area contributed by atoms with E-state index in [1.807, 2.05) is 0 Å². The van der Waals surface area contributed by atoms with E-state index in [1.165, 1.54) is 12.3 Å². The van der Waals surface area contributed by atoms with Crippen molar-refractivity contribution in [3.8, 4) is 0 Å². The number of aromatic nitrogens is 1. The molecule has 5 heteroatoms. The lowest BCUT2D eigenvalue weighted by molar-refractivity contribution is -0.456. The maximum Gasteiger partial charge on any atom is 0.394 e. The molecule has 1 heterocycles. The highest BCUT2D eigenvalue weighted by atomic mass is 17.5. The van der Waals surface area contributed by atoms with Crippen LogP contribution in [0, 0.1) is 0 Å². The normalized spacial score (nSPS) is 9.18. The van der Waals surface area contributed by atoms with Crippen molar-refractivity contribution in [2.75, 3.05) is 0 Å². The summed E-state index contributed by atoms with van der Waals surface area (Å²) in [5.41, 5.74) is 0.0709. The molecule has 0 radical (unpaired) electrons. The van der Waals surface area contributed by atoms with Crippen molar-refractivity contribution in [2.24, 2.45) is 0 Å². The number of carbonyl (C=O) groups is 1. The van der Waals surface area contributed by atoms with E-state index in [4.69, 9.17) is 5.26 Å². The maximum atomic E-state index is 10.7. The minimum Gasteiger partial charge on any atom is -0.262 e. The summed E-state index contributed by atoms with van der Waals surface area (Å²) in [5, 5.41) is 10.9. The molecule has 0 aliphatic carbocycles. The van der Waals surface area contributed by atoms with E-state index in [-0.39, 0.29) is 5.69 Å². The monoisotopic (exact) mass is 155 g/mol. The average Bonchev–Trinajstić information content (AvgIpc) is 2.07. The third-order valence-electron chi connectivity index (χ3n) is 0.987. The maximum absolute atomic E-state index is 10.7. The summed E-state index contributed by atoms with van der Waals surface area (Å²) < 4.78 is 0. The number of pyridine rings is 1. The first-order chi connectivity index (χ1) is 5.34. The number of carbonyl (C=O) groups excluding carboxylic acids is 1. The molecule has 0 aliphatic heterocycles. The van der Waals surface area contributed by atoms with Crippen LogP contribution in [0.4, 0.5) is 0 Å². The molecular formula is C6H5NO4. The largest absolute Gasteiger partial charge is 0.394 e. The zero-order valence-corrected chi connectivity index (χ0v) is 5.43. The lowest BCUT2D eigenvalue weighted by atomic mass is 10.4. The Morgan fingerprint density at radius 3 is 2.91 bits per heavy atom. The van der Waals surface area contributed by atoms with Crippen molar-refractivity contribution in [3.63, 3.8) is 0 Å². The summed E-state index contributed by atoms with van der Waals surface area (Å²) in [4.78, 5) is 18.1. The summed E-state index contributed by atoms with van der Waals surface area (Å²) in [6.45, 7) is 0. The van der Waals surface area contributed by atoms with Crippen LogP contribution in [0.15, 0.2) is 24.4 Å². The topological polar surface area (TPSA) is 68.7 Å². The minimum atomic E-state index is -0.840. The van der Waals surface area contributed by atoms with Crippen LogP contribution >= 0.6 is 0 Å². The molecule has 1 aromatic rings. The molecule has 58 valence electrons. The van der Waals surface area contributed by atoms with E-state index in [9.17, 15) is 4.79 Å². The van der Waals surface area contributed by atoms with Crippen LogP contribution in [0.3, 0.4) is 0 Å². The van der Waals surface area contributed by atoms with Gasteiger partial charge < -0.3 is 0 Å². The van der Waals surface area contributed by atoms with Crippen molar-refractivity contribution in [1.29, 1.82) is 0 Å². The summed E-state index contributed by atoms with van der Waals surface area (Å²) in [6.07, 6.45) is 1.42. The van der Waals surface area contributed by atoms with Gasteiger partial charge in [0.15, 0.2) is 5.69 Å². The molecule has 0 amide bonds. The Morgan fingerprint density at radius 2 is 2.36 bits per heavy atom. The van der Waals surface area contributed by atoms with Gasteiger partial charge in [-0.25, -0.2) is 15.0 Å². The fraction of sp³-hybridized carbons (Fsp3) is 0. The van der Waals surface area contributed by atoms with Crippen LogP contribution in [0.25, 0.3) is 0 Å². The van der Waals surface area contributed by atoms with Crippen LogP contribution < -0.4 is 0 Å². The second-order valence-corrected chi connectivity index (χ2v) is 1.66. The van der Waals surface area contributed by atoms with Gasteiger partial charge in [-0.15, -0.1) is 0 Å². The van der Waals surface area contributed by atoms with Crippen LogP contribution in [0.1, 0.15) is 10.5 Å². The fourth-order valence-corrected chi connectivity index (χ4v) is 0.560. The number of hydrogen-bond acceptors (Lipinski definition) is 5. The predicted octanol–water partition coefficient (Wildman–Crippen LogP) is 0.643. The first kappa shape index (κ1) is 7.64. The molecule has 1 aromatic heterocycles. The Bertz CT molecular complexity index is 236. The van der Waals surface area contributed by atoms with Crippen molar-refractivity contribution < 1.29 is 20.0 Å². The molecule has 0 bridgehead atoms. The quantitative estimate of drug-likeness (QED) is 0.501. The molecule has 1 rings (SSSR count). The van der Waals surface area contributed by atoms with Crippen LogP contribution in [-0.2, 0) is 9.93 Å². The van der Waals surface area contributed by atoms with Crippen molar-refractivity contribution in [2.45, 2.75) is 0 Å². The second kappa shape index (κ2) is 3.65. The van der Waals surface area contributed by atoms with Crippen LogP contribution in [0.5, 0.6) is 0 Å². The molecule has 1 N–H and O–H groups in total. The second-order valence-electron chi connectivity index (χ2n) is 1.66. The van der Waals surface area contributed by atoms with Gasteiger partial charge in [0.25, 0.3) is 0 Å². The van der Waals surface area contributed by atoms with E-state index >= 15 is 0 Å². The molecular weight excluding hydrogens is 150 g/mol. The SMILES string of the molecule is O=C(OOO)c1ccccn1. The lowest BCUT2D eigenvalue weighted by Gasteiger charge is -1.94. The smallest absolute Gasteiger partial charge is 0.262 e. The van der Waals surface area contributed by atoms with Crippen molar-refractivity contribution in [3.05, 3.63) is 30.1 Å². The molecule has 0 aromatic carbocycles. The summed E-state index contributed by atoms with van der Waals surface area (Å²) in [7, 11) is 0. The van der Waals surface area contributed by atoms with Crippen LogP contribution in [-0.4, -0.2) is 16.2 Å². The van der Waals surface area contributed by atoms with Gasteiger partial charge in [0.05, 0.1) is 0 Å². The molecule has 11 heavy (non-hydrogen) atoms. The standard InChI is InChI=1S/C6H5NO4/c8-6(10-11-9)5-3-1-2-4-7-5/h1-4,9H. The van der Waals surface area contributed by atoms with Gasteiger partial charge in [-0.2, -0.15) is 0 Å². The van der Waals surface area contributed by atoms with Crippen molar-refractivity contribution >= 4 is 5.97 Å². The molecule has 0 atom stereocenters. The molecule has 0 saturated carbocycles. The zero-order chi connectivity index (χ0) is 8.10. The first-order valence-corrected chi connectivity index (χ1v) is 2.78. The van der Waals surface area contributed by atoms with Gasteiger partial charge in [0.1, 0.15) is 0 Å². The highest BCUT2D eigenvalue weighted by molar-refractivity contribution is 5.86. The van der Waals surface area contributed by atoms with E-state index in [0.29, 0.717) is 0 Å². The van der Waals surface area contributed by atoms with Crippen LogP contribution in [0.2, 0.25) is 0 Å². The molecule has 0 saturated heterocycles. The summed E-state index contributed by atoms with van der Waals surface area (Å²) in [5.74, 6) is -0.840. The minimum absolute atomic E-state index is 0.0709. The predicted molar refractivity (Wildman–Crippen MR) is 33.4 cm³/mol. The summed E-state index contributed by atoms with van der Waals surface area (Å²) >= 11 is 0. The fourth-order valence-electron chi connectivity index (χ4n) is 0.560. The van der Waals surface area contributed by atoms with Gasteiger partial charge >= 0.3 is 5.97 Å². The Kier molecular flexibility index (Phi) is 2.53. The lowest BCUT2D eigenvalue weighted by Crippen LogP contribution is -2.05. The van der Waals surface area contributed by atoms with E-state index in [0.717, 1.165) is 0 Å². The third-order valence-corrected chi connectivity index (χ3v) is 0.987. The molecule has 0 spiro atoms. The van der Waals surface area contributed by atoms with Gasteiger partial charge in [0, 0.05) is 6.20 Å². The Morgan fingerprint density at radius 1 is 1.55 bits per heavy atom. The number of hydrogen-bond donors (Lipinski definition) is 1. The molecule has 5 nitrogen and oxygen atoms in total. The molecule has 0 aliphatic rings. The Labute approximate surface area is 62.1 Å². The highest BCUT2D eigenvalue weighted by Crippen LogP contribution is 1.95. The Hall–Kier alpha value is -1.46. The number of rotatable bonds is 2. The zero-order valence-electron chi connectivity index (χ0n) is 5.43. The molecule has 0 fully saturated rings. The first-order valence-electron chi connectivity index (χ1n) is 2.78. The van der Waals surface area contributed by atoms with Gasteiger partial charge in [-0.1, -0.05) is 6.07 Å².